The first-order valence-electron chi connectivity index (χ1n) is 4.74. The summed E-state index contributed by atoms with van der Waals surface area (Å²) >= 11 is 0. The predicted molar refractivity (Wildman–Crippen MR) is 53.7 cm³/mol. The zero-order chi connectivity index (χ0) is 8.67. The van der Waals surface area contributed by atoms with Crippen LogP contribution in [-0.2, 0) is 0 Å². The molecule has 3 rings (SSSR count). The summed E-state index contributed by atoms with van der Waals surface area (Å²) in [5.74, 6) is 0. The lowest BCUT2D eigenvalue weighted by Crippen LogP contribution is -2.35. The molecule has 2 heterocycles. The van der Waals surface area contributed by atoms with Gasteiger partial charge in [0, 0.05) is 12.2 Å². The Morgan fingerprint density at radius 2 is 2.15 bits per heavy atom. The number of fused-ring (bicyclic) bond motifs is 1. The summed E-state index contributed by atoms with van der Waals surface area (Å²) in [6.07, 6.45) is 3.27. The molecular weight excluding hydrogens is 160 g/mol. The third kappa shape index (κ3) is 0.988. The fraction of sp³-hybridized carbons (Fsp3) is 0.273. The quantitative estimate of drug-likeness (QED) is 0.678. The maximum atomic E-state index is 3.42. The van der Waals surface area contributed by atoms with Gasteiger partial charge in [0.05, 0.1) is 5.52 Å². The summed E-state index contributed by atoms with van der Waals surface area (Å²) in [6.45, 7) is 1.15. The molecule has 1 atom stereocenters. The molecule has 0 radical (unpaired) electrons. The number of rotatable bonds is 1. The number of hydrogen-bond acceptors (Lipinski definition) is 1. The predicted octanol–water partition coefficient (Wildman–Crippen LogP) is 2.20. The molecule has 1 aromatic carbocycles. The lowest BCUT2D eigenvalue weighted by atomic mass is 9.96. The van der Waals surface area contributed by atoms with Gasteiger partial charge in [0.2, 0.25) is 0 Å². The molecule has 1 saturated heterocycles. The molecule has 0 saturated carbocycles. The summed E-state index contributed by atoms with van der Waals surface area (Å²) in [5.41, 5.74) is 2.70. The van der Waals surface area contributed by atoms with Crippen molar-refractivity contribution in [3.05, 3.63) is 36.0 Å². The second kappa shape index (κ2) is 2.60. The molecule has 1 aliphatic rings. The number of hydrogen-bond donors (Lipinski definition) is 2. The number of nitrogens with one attached hydrogen (secondary N) is 2. The van der Waals surface area contributed by atoms with Crippen LogP contribution >= 0.6 is 0 Å². The van der Waals surface area contributed by atoms with Crippen LogP contribution in [0.15, 0.2) is 30.5 Å². The fourth-order valence-corrected chi connectivity index (χ4v) is 1.95. The molecule has 1 fully saturated rings. The highest BCUT2D eigenvalue weighted by molar-refractivity contribution is 5.83. The van der Waals surface area contributed by atoms with Crippen molar-refractivity contribution in [2.45, 2.75) is 12.5 Å². The molecule has 0 bridgehead atoms. The fourth-order valence-electron chi connectivity index (χ4n) is 1.95. The minimum Gasteiger partial charge on any atom is -0.361 e. The van der Waals surface area contributed by atoms with Crippen molar-refractivity contribution in [2.24, 2.45) is 0 Å². The van der Waals surface area contributed by atoms with Gasteiger partial charge in [0.15, 0.2) is 0 Å². The van der Waals surface area contributed by atoms with Crippen LogP contribution in [0.4, 0.5) is 0 Å². The van der Waals surface area contributed by atoms with E-state index in [-0.39, 0.29) is 0 Å². The van der Waals surface area contributed by atoms with Gasteiger partial charge in [-0.2, -0.15) is 0 Å². The maximum absolute atomic E-state index is 3.42. The zero-order valence-electron chi connectivity index (χ0n) is 7.38. The Bertz CT molecular complexity index is 426. The molecule has 2 N–H and O–H groups in total. The van der Waals surface area contributed by atoms with E-state index in [1.807, 2.05) is 6.20 Å². The number of benzene rings is 1. The van der Waals surface area contributed by atoms with Gasteiger partial charge < -0.3 is 10.3 Å². The van der Waals surface area contributed by atoms with E-state index in [4.69, 9.17) is 0 Å². The normalized spacial score (nSPS) is 21.7. The number of para-hydroxylation sites is 1. The minimum atomic E-state index is 0.572. The summed E-state index contributed by atoms with van der Waals surface area (Å²) < 4.78 is 0. The van der Waals surface area contributed by atoms with Crippen molar-refractivity contribution >= 4 is 10.9 Å². The van der Waals surface area contributed by atoms with Crippen molar-refractivity contribution in [1.29, 1.82) is 0 Å². The Kier molecular flexibility index (Phi) is 1.43. The van der Waals surface area contributed by atoms with E-state index in [0.29, 0.717) is 6.04 Å². The molecule has 0 aliphatic carbocycles. The van der Waals surface area contributed by atoms with Crippen LogP contribution in [0.3, 0.4) is 0 Å². The minimum absolute atomic E-state index is 0.572. The second-order valence-corrected chi connectivity index (χ2v) is 3.58. The molecule has 0 spiro atoms. The van der Waals surface area contributed by atoms with E-state index in [1.54, 1.807) is 0 Å². The zero-order valence-corrected chi connectivity index (χ0v) is 7.38. The molecule has 1 aliphatic heterocycles. The molecule has 0 unspecified atom stereocenters. The standard InChI is InChI=1S/C11H12N2/c1-2-8-4-6-13-11(8)9(3-1)10-5-7-12-10/h1-4,6,10,12-13H,5,7H2/t10-/m0/s1. The third-order valence-electron chi connectivity index (χ3n) is 2.82. The van der Waals surface area contributed by atoms with Gasteiger partial charge >= 0.3 is 0 Å². The molecule has 2 heteroatoms. The summed E-state index contributed by atoms with van der Waals surface area (Å²) in [7, 11) is 0. The molecule has 1 aromatic heterocycles. The Labute approximate surface area is 77.0 Å². The smallest absolute Gasteiger partial charge is 0.0502 e. The van der Waals surface area contributed by atoms with Crippen LogP contribution in [0.2, 0.25) is 0 Å². The van der Waals surface area contributed by atoms with Gasteiger partial charge in [-0.1, -0.05) is 18.2 Å². The Morgan fingerprint density at radius 1 is 1.23 bits per heavy atom. The first kappa shape index (κ1) is 7.15. The van der Waals surface area contributed by atoms with Gasteiger partial charge in [0.1, 0.15) is 0 Å². The van der Waals surface area contributed by atoms with Crippen molar-refractivity contribution in [3.63, 3.8) is 0 Å². The van der Waals surface area contributed by atoms with Crippen molar-refractivity contribution in [2.75, 3.05) is 6.54 Å². The molecule has 13 heavy (non-hydrogen) atoms. The highest BCUT2D eigenvalue weighted by Gasteiger charge is 2.20. The topological polar surface area (TPSA) is 27.8 Å². The highest BCUT2D eigenvalue weighted by Crippen LogP contribution is 2.28. The van der Waals surface area contributed by atoms with Gasteiger partial charge in [-0.3, -0.25) is 0 Å². The highest BCUT2D eigenvalue weighted by atomic mass is 15.0. The van der Waals surface area contributed by atoms with Gasteiger partial charge in [-0.25, -0.2) is 0 Å². The van der Waals surface area contributed by atoms with Crippen molar-refractivity contribution in [3.8, 4) is 0 Å². The average Bonchev–Trinajstić information content (AvgIpc) is 2.49. The second-order valence-electron chi connectivity index (χ2n) is 3.58. The Hall–Kier alpha value is -1.28. The molecule has 66 valence electrons. The summed E-state index contributed by atoms with van der Waals surface area (Å²) in [6, 6.07) is 9.18. The van der Waals surface area contributed by atoms with Crippen LogP contribution in [0.25, 0.3) is 10.9 Å². The van der Waals surface area contributed by atoms with Gasteiger partial charge in [-0.05, 0) is 30.0 Å². The summed E-state index contributed by atoms with van der Waals surface area (Å²) in [5, 5.41) is 4.73. The number of aromatic nitrogens is 1. The van der Waals surface area contributed by atoms with E-state index < -0.39 is 0 Å². The van der Waals surface area contributed by atoms with Crippen LogP contribution in [-0.4, -0.2) is 11.5 Å². The van der Waals surface area contributed by atoms with Crippen LogP contribution < -0.4 is 5.32 Å². The summed E-state index contributed by atoms with van der Waals surface area (Å²) in [4.78, 5) is 3.30. The van der Waals surface area contributed by atoms with E-state index >= 15 is 0 Å². The lowest BCUT2D eigenvalue weighted by Gasteiger charge is -2.28. The molecule has 2 aromatic rings. The van der Waals surface area contributed by atoms with E-state index in [9.17, 15) is 0 Å². The van der Waals surface area contributed by atoms with E-state index in [0.717, 1.165) is 6.54 Å². The van der Waals surface area contributed by atoms with Gasteiger partial charge in [0.25, 0.3) is 0 Å². The van der Waals surface area contributed by atoms with E-state index in [1.165, 1.54) is 22.9 Å². The van der Waals surface area contributed by atoms with Crippen LogP contribution in [0, 0.1) is 0 Å². The van der Waals surface area contributed by atoms with Crippen molar-refractivity contribution < 1.29 is 0 Å². The Morgan fingerprint density at radius 3 is 2.92 bits per heavy atom. The van der Waals surface area contributed by atoms with Gasteiger partial charge in [-0.15, -0.1) is 0 Å². The van der Waals surface area contributed by atoms with Crippen molar-refractivity contribution in [1.82, 2.24) is 10.3 Å². The average molecular weight is 172 g/mol. The first-order valence-corrected chi connectivity index (χ1v) is 4.74. The van der Waals surface area contributed by atoms with E-state index in [2.05, 4.69) is 34.6 Å². The number of aromatic amines is 1. The Balaban J connectivity index is 2.20. The number of H-pyrrole nitrogens is 1. The largest absolute Gasteiger partial charge is 0.361 e. The maximum Gasteiger partial charge on any atom is 0.0502 e. The van der Waals surface area contributed by atoms with Crippen LogP contribution in [0.1, 0.15) is 18.0 Å². The molecule has 0 amide bonds. The molecular formula is C11H12N2. The third-order valence-corrected chi connectivity index (χ3v) is 2.82. The SMILES string of the molecule is c1cc([C@@H]2CCN2)c2[nH]ccc2c1. The molecule has 2 nitrogen and oxygen atoms in total. The monoisotopic (exact) mass is 172 g/mol. The first-order chi connectivity index (χ1) is 6.45. The lowest BCUT2D eigenvalue weighted by molar-refractivity contribution is 0.385. The van der Waals surface area contributed by atoms with Crippen LogP contribution in [0.5, 0.6) is 0 Å².